The van der Waals surface area contributed by atoms with Gasteiger partial charge in [0.05, 0.1) is 12.2 Å². The normalized spacial score (nSPS) is 16.7. The van der Waals surface area contributed by atoms with Crippen LogP contribution in [0.5, 0.6) is 0 Å². The van der Waals surface area contributed by atoms with Crippen molar-refractivity contribution < 1.29 is 23.2 Å². The van der Waals surface area contributed by atoms with Gasteiger partial charge in [-0.25, -0.2) is 0 Å². The molecular formula is C19H17N3O5. The maximum atomic E-state index is 12.3. The number of carbonyl (C=O) groups is 2. The molecule has 0 radical (unpaired) electrons. The van der Waals surface area contributed by atoms with E-state index in [4.69, 9.17) is 13.6 Å². The third-order valence-electron chi connectivity index (χ3n) is 4.34. The topological polar surface area (TPSA) is 98.7 Å². The number of anilines is 1. The molecule has 1 aromatic carbocycles. The van der Waals surface area contributed by atoms with Crippen LogP contribution in [0, 0.1) is 12.8 Å². The first-order valence-electron chi connectivity index (χ1n) is 8.50. The zero-order chi connectivity index (χ0) is 18.8. The summed E-state index contributed by atoms with van der Waals surface area (Å²) < 4.78 is 15.8. The zero-order valence-corrected chi connectivity index (χ0v) is 14.6. The average Bonchev–Trinajstić information content (AvgIpc) is 3.41. The van der Waals surface area contributed by atoms with E-state index in [9.17, 15) is 9.59 Å². The van der Waals surface area contributed by atoms with Gasteiger partial charge in [0.2, 0.25) is 5.91 Å². The molecule has 0 aliphatic carbocycles. The van der Waals surface area contributed by atoms with Crippen LogP contribution in [0.1, 0.15) is 17.9 Å². The van der Waals surface area contributed by atoms with E-state index in [-0.39, 0.29) is 30.7 Å². The summed E-state index contributed by atoms with van der Waals surface area (Å²) in [6.07, 6.45) is 1.62. The van der Waals surface area contributed by atoms with Gasteiger partial charge in [0.25, 0.3) is 11.8 Å². The van der Waals surface area contributed by atoms with Crippen molar-refractivity contribution in [1.29, 1.82) is 0 Å². The Bertz CT molecular complexity index is 946. The maximum Gasteiger partial charge on any atom is 0.311 e. The molecule has 2 aromatic heterocycles. The Kier molecular flexibility index (Phi) is 4.45. The summed E-state index contributed by atoms with van der Waals surface area (Å²) >= 11 is 0. The van der Waals surface area contributed by atoms with Crippen molar-refractivity contribution in [3.63, 3.8) is 0 Å². The molecule has 3 heterocycles. The second kappa shape index (κ2) is 7.06. The minimum atomic E-state index is -0.522. The van der Waals surface area contributed by atoms with Crippen molar-refractivity contribution in [2.75, 3.05) is 11.4 Å². The van der Waals surface area contributed by atoms with Crippen LogP contribution in [-0.4, -0.2) is 28.6 Å². The van der Waals surface area contributed by atoms with Gasteiger partial charge in [-0.3, -0.25) is 9.59 Å². The Morgan fingerprint density at radius 3 is 2.81 bits per heavy atom. The first-order valence-corrected chi connectivity index (χ1v) is 8.50. The Hall–Kier alpha value is -3.42. The number of hydrogen-bond donors (Lipinski definition) is 0. The first-order chi connectivity index (χ1) is 13.1. The number of hydrogen-bond acceptors (Lipinski definition) is 7. The van der Waals surface area contributed by atoms with Crippen molar-refractivity contribution in [3.05, 3.63) is 54.1 Å². The zero-order valence-electron chi connectivity index (χ0n) is 14.6. The van der Waals surface area contributed by atoms with E-state index < -0.39 is 11.9 Å². The molecule has 27 heavy (non-hydrogen) atoms. The standard InChI is InChI=1S/C19H17N3O5/c1-12-4-6-14(7-5-12)22-10-13(9-17(22)23)19(24)26-11-16-20-21-18(27-16)15-3-2-8-25-15/h2-8,13H,9-11H2,1H3/t13-/m0/s1. The summed E-state index contributed by atoms with van der Waals surface area (Å²) in [4.78, 5) is 26.2. The van der Waals surface area contributed by atoms with Crippen molar-refractivity contribution in [2.45, 2.75) is 20.0 Å². The predicted molar refractivity (Wildman–Crippen MR) is 93.4 cm³/mol. The van der Waals surface area contributed by atoms with E-state index in [2.05, 4.69) is 10.2 Å². The Labute approximate surface area is 154 Å². The molecule has 138 valence electrons. The third kappa shape index (κ3) is 3.59. The summed E-state index contributed by atoms with van der Waals surface area (Å²) in [6.45, 7) is 2.12. The molecule has 1 saturated heterocycles. The first kappa shape index (κ1) is 17.0. The van der Waals surface area contributed by atoms with Crippen LogP contribution in [0.2, 0.25) is 0 Å². The smallest absolute Gasteiger partial charge is 0.311 e. The largest absolute Gasteiger partial charge is 0.459 e. The number of benzene rings is 1. The van der Waals surface area contributed by atoms with Crippen LogP contribution >= 0.6 is 0 Å². The fraction of sp³-hybridized carbons (Fsp3) is 0.263. The van der Waals surface area contributed by atoms with Gasteiger partial charge < -0.3 is 18.5 Å². The van der Waals surface area contributed by atoms with Gasteiger partial charge in [-0.2, -0.15) is 0 Å². The second-order valence-electron chi connectivity index (χ2n) is 6.33. The van der Waals surface area contributed by atoms with Crippen LogP contribution in [0.3, 0.4) is 0 Å². The van der Waals surface area contributed by atoms with E-state index in [0.717, 1.165) is 11.3 Å². The molecule has 8 heteroatoms. The quantitative estimate of drug-likeness (QED) is 0.639. The monoisotopic (exact) mass is 367 g/mol. The molecule has 4 rings (SSSR count). The van der Waals surface area contributed by atoms with Crippen molar-refractivity contribution in [1.82, 2.24) is 10.2 Å². The maximum absolute atomic E-state index is 12.3. The highest BCUT2D eigenvalue weighted by molar-refractivity contribution is 5.99. The summed E-state index contributed by atoms with van der Waals surface area (Å²) in [6, 6.07) is 11.0. The molecule has 1 amide bonds. The van der Waals surface area contributed by atoms with Crippen LogP contribution in [0.15, 0.2) is 51.5 Å². The molecular weight excluding hydrogens is 350 g/mol. The van der Waals surface area contributed by atoms with Gasteiger partial charge in [0.1, 0.15) is 0 Å². The molecule has 0 unspecified atom stereocenters. The Balaban J connectivity index is 1.35. The molecule has 1 fully saturated rings. The molecule has 0 saturated carbocycles. The number of esters is 1. The number of nitrogens with zero attached hydrogens (tertiary/aromatic N) is 3. The fourth-order valence-corrected chi connectivity index (χ4v) is 2.90. The highest BCUT2D eigenvalue weighted by Gasteiger charge is 2.36. The number of aryl methyl sites for hydroxylation is 1. The molecule has 0 N–H and O–H groups in total. The molecule has 1 aliphatic heterocycles. The number of rotatable bonds is 5. The molecule has 3 aromatic rings. The minimum absolute atomic E-state index is 0.0984. The van der Waals surface area contributed by atoms with Crippen LogP contribution in [0.25, 0.3) is 11.7 Å². The summed E-state index contributed by atoms with van der Waals surface area (Å²) in [5.74, 6) is -0.266. The Morgan fingerprint density at radius 1 is 1.26 bits per heavy atom. The van der Waals surface area contributed by atoms with E-state index >= 15 is 0 Å². The van der Waals surface area contributed by atoms with E-state index in [1.807, 2.05) is 31.2 Å². The fourth-order valence-electron chi connectivity index (χ4n) is 2.90. The number of amides is 1. The lowest BCUT2D eigenvalue weighted by atomic mass is 10.1. The van der Waals surface area contributed by atoms with E-state index in [0.29, 0.717) is 12.3 Å². The van der Waals surface area contributed by atoms with Crippen LogP contribution in [-0.2, 0) is 20.9 Å². The second-order valence-corrected chi connectivity index (χ2v) is 6.33. The highest BCUT2D eigenvalue weighted by atomic mass is 16.5. The summed E-state index contributed by atoms with van der Waals surface area (Å²) in [5.41, 5.74) is 1.88. The predicted octanol–water partition coefficient (Wildman–Crippen LogP) is 2.73. The lowest BCUT2D eigenvalue weighted by Gasteiger charge is -2.16. The molecule has 1 aliphatic rings. The van der Waals surface area contributed by atoms with E-state index in [1.54, 1.807) is 17.0 Å². The highest BCUT2D eigenvalue weighted by Crippen LogP contribution is 2.26. The average molecular weight is 367 g/mol. The SMILES string of the molecule is Cc1ccc(N2C[C@@H](C(=O)OCc3nnc(-c4ccco4)o3)CC2=O)cc1. The van der Waals surface area contributed by atoms with Gasteiger partial charge in [-0.05, 0) is 31.2 Å². The lowest BCUT2D eigenvalue weighted by molar-refractivity contribution is -0.150. The summed E-state index contributed by atoms with van der Waals surface area (Å²) in [5, 5.41) is 7.67. The van der Waals surface area contributed by atoms with Crippen LogP contribution in [0.4, 0.5) is 5.69 Å². The van der Waals surface area contributed by atoms with Gasteiger partial charge in [0.15, 0.2) is 12.4 Å². The van der Waals surface area contributed by atoms with E-state index in [1.165, 1.54) is 6.26 Å². The third-order valence-corrected chi connectivity index (χ3v) is 4.34. The molecule has 1 atom stereocenters. The van der Waals surface area contributed by atoms with Gasteiger partial charge in [-0.1, -0.05) is 17.7 Å². The molecule has 8 nitrogen and oxygen atoms in total. The van der Waals surface area contributed by atoms with Crippen LogP contribution < -0.4 is 4.90 Å². The number of aromatic nitrogens is 2. The number of ether oxygens (including phenoxy) is 1. The molecule has 0 spiro atoms. The van der Waals surface area contributed by atoms with Crippen molar-refractivity contribution in [2.24, 2.45) is 5.92 Å². The minimum Gasteiger partial charge on any atom is -0.459 e. The Morgan fingerprint density at radius 2 is 2.07 bits per heavy atom. The lowest BCUT2D eigenvalue weighted by Crippen LogP contribution is -2.26. The number of carbonyl (C=O) groups excluding carboxylic acids is 2. The van der Waals surface area contributed by atoms with Crippen molar-refractivity contribution >= 4 is 17.6 Å². The van der Waals surface area contributed by atoms with Gasteiger partial charge >= 0.3 is 5.97 Å². The van der Waals surface area contributed by atoms with Gasteiger partial charge in [-0.15, -0.1) is 10.2 Å². The number of furan rings is 1. The summed E-state index contributed by atoms with van der Waals surface area (Å²) in [7, 11) is 0. The molecule has 0 bridgehead atoms. The van der Waals surface area contributed by atoms with Crippen molar-refractivity contribution in [3.8, 4) is 11.7 Å². The van der Waals surface area contributed by atoms with Gasteiger partial charge in [0, 0.05) is 18.7 Å².